The highest BCUT2D eigenvalue weighted by Crippen LogP contribution is 2.49. The Morgan fingerprint density at radius 1 is 0.889 bits per heavy atom. The number of para-hydroxylation sites is 1. The van der Waals surface area contributed by atoms with Gasteiger partial charge in [0.05, 0.1) is 35.7 Å². The van der Waals surface area contributed by atoms with Gasteiger partial charge in [0.1, 0.15) is 0 Å². The molecule has 2 aliphatic rings. The molecule has 3 aromatic carbocycles. The first kappa shape index (κ1) is 24.8. The normalized spacial score (nSPS) is 15.2. The van der Waals surface area contributed by atoms with Crippen molar-refractivity contribution in [3.05, 3.63) is 82.9 Å². The number of carbonyl (C=O) groups excluding carboxylic acids is 2. The van der Waals surface area contributed by atoms with E-state index in [1.807, 2.05) is 36.4 Å². The Balaban J connectivity index is 1.39. The topological polar surface area (TPSA) is 49.9 Å². The highest BCUT2D eigenvalue weighted by molar-refractivity contribution is 7.99. The number of amides is 2. The van der Waals surface area contributed by atoms with Crippen LogP contribution in [0, 0.1) is 0 Å². The fraction of sp³-hybridized carbons (Fsp3) is 0.310. The number of rotatable bonds is 5. The Morgan fingerprint density at radius 2 is 1.58 bits per heavy atom. The van der Waals surface area contributed by atoms with Crippen LogP contribution in [0.5, 0.6) is 0 Å². The first-order valence-corrected chi connectivity index (χ1v) is 16.0. The lowest BCUT2D eigenvalue weighted by Crippen LogP contribution is -2.40. The highest BCUT2D eigenvalue weighted by Gasteiger charge is 2.38. The summed E-state index contributed by atoms with van der Waals surface area (Å²) in [4.78, 5) is 32.5. The molecule has 0 aromatic heterocycles. The van der Waals surface area contributed by atoms with Gasteiger partial charge in [-0.05, 0) is 59.6 Å². The van der Waals surface area contributed by atoms with Gasteiger partial charge >= 0.3 is 0 Å². The molecule has 7 heteroatoms. The van der Waals surface area contributed by atoms with Crippen molar-refractivity contribution in [1.29, 1.82) is 0 Å². The van der Waals surface area contributed by atoms with Crippen LogP contribution in [-0.4, -0.2) is 32.1 Å². The minimum absolute atomic E-state index is 0.105. The molecule has 36 heavy (non-hydrogen) atoms. The molecule has 5 rings (SSSR count). The van der Waals surface area contributed by atoms with Crippen LogP contribution in [0.2, 0.25) is 18.1 Å². The van der Waals surface area contributed by atoms with Crippen LogP contribution in [0.3, 0.4) is 0 Å². The lowest BCUT2D eigenvalue weighted by molar-refractivity contribution is 0.0641. The standard InChI is InChI=1S/C29H32N2O3SSi/c1-29(2,3)36(5,6)34-18-19-14-15-21-22(16-19)28(33)31(27(21)32)17-20-10-9-12-24-26(20)35-25-13-8-7-11-23(25)30(24)4/h7-16H,17-18H2,1-6H3. The maximum Gasteiger partial charge on any atom is 0.261 e. The van der Waals surface area contributed by atoms with Crippen LogP contribution in [0.25, 0.3) is 0 Å². The van der Waals surface area contributed by atoms with Gasteiger partial charge in [-0.2, -0.15) is 0 Å². The molecule has 0 radical (unpaired) electrons. The Kier molecular flexibility index (Phi) is 6.13. The van der Waals surface area contributed by atoms with Gasteiger partial charge in [0.15, 0.2) is 8.32 Å². The van der Waals surface area contributed by atoms with Crippen molar-refractivity contribution in [3.63, 3.8) is 0 Å². The van der Waals surface area contributed by atoms with Gasteiger partial charge in [-0.25, -0.2) is 0 Å². The van der Waals surface area contributed by atoms with Gasteiger partial charge in [0, 0.05) is 16.8 Å². The summed E-state index contributed by atoms with van der Waals surface area (Å²) in [5.41, 5.74) is 5.06. The highest BCUT2D eigenvalue weighted by atomic mass is 32.2. The first-order chi connectivity index (χ1) is 17.0. The smallest absolute Gasteiger partial charge is 0.261 e. The van der Waals surface area contributed by atoms with Crippen molar-refractivity contribution in [2.45, 2.75) is 61.8 Å². The summed E-state index contributed by atoms with van der Waals surface area (Å²) in [7, 11) is 0.130. The quantitative estimate of drug-likeness (QED) is 0.264. The maximum absolute atomic E-state index is 13.4. The van der Waals surface area contributed by atoms with E-state index in [0.29, 0.717) is 17.7 Å². The van der Waals surface area contributed by atoms with Crippen LogP contribution >= 0.6 is 11.8 Å². The summed E-state index contributed by atoms with van der Waals surface area (Å²) >= 11 is 1.69. The maximum atomic E-state index is 13.4. The average molecular weight is 517 g/mol. The van der Waals surface area contributed by atoms with Crippen LogP contribution in [0.1, 0.15) is 52.6 Å². The SMILES string of the molecule is CN1c2ccccc2Sc2c(CN3C(=O)c4ccc(CO[Si](C)(C)C(C)(C)C)cc4C3=O)cccc21. The molecule has 0 unspecified atom stereocenters. The van der Waals surface area contributed by atoms with E-state index in [9.17, 15) is 9.59 Å². The summed E-state index contributed by atoms with van der Waals surface area (Å²) in [6.07, 6.45) is 0. The summed E-state index contributed by atoms with van der Waals surface area (Å²) < 4.78 is 6.35. The van der Waals surface area contributed by atoms with Crippen molar-refractivity contribution in [1.82, 2.24) is 4.90 Å². The van der Waals surface area contributed by atoms with Crippen LogP contribution in [0.4, 0.5) is 11.4 Å². The number of hydrogen-bond acceptors (Lipinski definition) is 5. The number of hydrogen-bond donors (Lipinski definition) is 0. The van der Waals surface area contributed by atoms with Gasteiger partial charge in [-0.3, -0.25) is 14.5 Å². The summed E-state index contributed by atoms with van der Waals surface area (Å²) in [5.74, 6) is -0.477. The molecule has 5 nitrogen and oxygen atoms in total. The molecule has 3 aromatic rings. The molecule has 186 valence electrons. The van der Waals surface area contributed by atoms with E-state index in [4.69, 9.17) is 4.43 Å². The molecule has 0 atom stereocenters. The molecule has 2 amide bonds. The third-order valence-electron chi connectivity index (χ3n) is 7.65. The lowest BCUT2D eigenvalue weighted by atomic mass is 10.1. The molecule has 0 saturated carbocycles. The van der Waals surface area contributed by atoms with Gasteiger partial charge in [0.2, 0.25) is 0 Å². The monoisotopic (exact) mass is 516 g/mol. The molecule has 0 saturated heterocycles. The summed E-state index contributed by atoms with van der Waals surface area (Å²) in [6.45, 7) is 11.7. The van der Waals surface area contributed by atoms with E-state index in [0.717, 1.165) is 32.3 Å². The predicted octanol–water partition coefficient (Wildman–Crippen LogP) is 7.24. The molecule has 0 aliphatic carbocycles. The van der Waals surface area contributed by atoms with E-state index in [2.05, 4.69) is 64.0 Å². The van der Waals surface area contributed by atoms with Crippen LogP contribution in [0.15, 0.2) is 70.5 Å². The fourth-order valence-electron chi connectivity index (χ4n) is 4.36. The number of carbonyl (C=O) groups is 2. The molecule has 2 heterocycles. The summed E-state index contributed by atoms with van der Waals surface area (Å²) in [6, 6.07) is 19.9. The minimum Gasteiger partial charge on any atom is -0.413 e. The molecule has 0 spiro atoms. The van der Waals surface area contributed by atoms with Crippen molar-refractivity contribution in [2.75, 3.05) is 11.9 Å². The molecule has 0 N–H and O–H groups in total. The third kappa shape index (κ3) is 4.19. The zero-order valence-corrected chi connectivity index (χ0v) is 23.5. The number of imide groups is 1. The van der Waals surface area contributed by atoms with Crippen molar-refractivity contribution < 1.29 is 14.0 Å². The first-order valence-electron chi connectivity index (χ1n) is 12.2. The van der Waals surface area contributed by atoms with E-state index in [-0.39, 0.29) is 23.4 Å². The average Bonchev–Trinajstić information content (AvgIpc) is 3.07. The second-order valence-corrected chi connectivity index (χ2v) is 16.9. The van der Waals surface area contributed by atoms with Gasteiger partial charge in [0.25, 0.3) is 11.8 Å². The molecule has 0 fully saturated rings. The number of anilines is 2. The van der Waals surface area contributed by atoms with Crippen molar-refractivity contribution in [2.24, 2.45) is 0 Å². The minimum atomic E-state index is -1.92. The Labute approximate surface area is 218 Å². The second-order valence-electron chi connectivity index (χ2n) is 11.0. The van der Waals surface area contributed by atoms with Crippen molar-refractivity contribution in [3.8, 4) is 0 Å². The second kappa shape index (κ2) is 8.90. The summed E-state index contributed by atoms with van der Waals surface area (Å²) in [5, 5.41) is 0.105. The Morgan fingerprint density at radius 3 is 2.33 bits per heavy atom. The van der Waals surface area contributed by atoms with E-state index in [1.165, 1.54) is 4.90 Å². The molecular weight excluding hydrogens is 484 g/mol. The Bertz CT molecular complexity index is 1380. The molecular formula is C29H32N2O3SSi. The van der Waals surface area contributed by atoms with Crippen LogP contribution < -0.4 is 4.90 Å². The Hall–Kier alpha value is -2.87. The van der Waals surface area contributed by atoms with E-state index < -0.39 is 8.32 Å². The number of nitrogens with zero attached hydrogens (tertiary/aromatic N) is 2. The molecule has 2 aliphatic heterocycles. The largest absolute Gasteiger partial charge is 0.413 e. The fourth-order valence-corrected chi connectivity index (χ4v) is 6.57. The third-order valence-corrected chi connectivity index (χ3v) is 13.4. The van der Waals surface area contributed by atoms with Crippen molar-refractivity contribution >= 4 is 43.3 Å². The van der Waals surface area contributed by atoms with Gasteiger partial charge in [-0.15, -0.1) is 0 Å². The van der Waals surface area contributed by atoms with E-state index in [1.54, 1.807) is 17.8 Å². The lowest BCUT2D eigenvalue weighted by Gasteiger charge is -2.36. The van der Waals surface area contributed by atoms with Gasteiger partial charge < -0.3 is 9.33 Å². The van der Waals surface area contributed by atoms with Crippen LogP contribution in [-0.2, 0) is 17.6 Å². The predicted molar refractivity (Wildman–Crippen MR) is 148 cm³/mol. The zero-order chi connectivity index (χ0) is 25.8. The zero-order valence-electron chi connectivity index (χ0n) is 21.7. The van der Waals surface area contributed by atoms with E-state index >= 15 is 0 Å². The number of fused-ring (bicyclic) bond motifs is 3. The number of benzene rings is 3. The molecule has 0 bridgehead atoms. The van der Waals surface area contributed by atoms with Gasteiger partial charge in [-0.1, -0.05) is 62.9 Å².